The van der Waals surface area contributed by atoms with E-state index in [1.54, 1.807) is 25.2 Å². The summed E-state index contributed by atoms with van der Waals surface area (Å²) in [5.41, 5.74) is -0.0310. The van der Waals surface area contributed by atoms with Gasteiger partial charge in [0.2, 0.25) is 0 Å². The van der Waals surface area contributed by atoms with Crippen molar-refractivity contribution < 1.29 is 9.76 Å². The van der Waals surface area contributed by atoms with Gasteiger partial charge in [0.05, 0.1) is 11.2 Å². The first-order valence-corrected chi connectivity index (χ1v) is 6.14. The van der Waals surface area contributed by atoms with Gasteiger partial charge in [0.15, 0.2) is 0 Å². The predicted molar refractivity (Wildman–Crippen MR) is 66.6 cm³/mol. The lowest BCUT2D eigenvalue weighted by atomic mass is 9.84. The summed E-state index contributed by atoms with van der Waals surface area (Å²) in [6.45, 7) is 7.39. The molecule has 0 spiro atoms. The zero-order valence-corrected chi connectivity index (χ0v) is 10.7. The standard InChI is InChI=1S/C11H19BO2S/c1-10(2,13)11(3,4)14-12-7-9-5-6-15-8-9/h5-6,8,12-13H,7H2,1-4H3. The zero-order chi connectivity index (χ0) is 11.5. The lowest BCUT2D eigenvalue weighted by molar-refractivity contribution is -0.0904. The molecule has 4 heteroatoms. The largest absolute Gasteiger partial charge is 0.432 e. The van der Waals surface area contributed by atoms with Gasteiger partial charge in [0.1, 0.15) is 0 Å². The van der Waals surface area contributed by atoms with Gasteiger partial charge in [0.25, 0.3) is 7.48 Å². The highest BCUT2D eigenvalue weighted by Gasteiger charge is 2.35. The number of aliphatic hydroxyl groups is 1. The Hall–Kier alpha value is -0.315. The van der Waals surface area contributed by atoms with Gasteiger partial charge >= 0.3 is 0 Å². The molecule has 0 fully saturated rings. The van der Waals surface area contributed by atoms with Gasteiger partial charge in [-0.15, -0.1) is 0 Å². The number of rotatable bonds is 5. The van der Waals surface area contributed by atoms with Crippen molar-refractivity contribution in [2.75, 3.05) is 0 Å². The van der Waals surface area contributed by atoms with Crippen molar-refractivity contribution in [1.29, 1.82) is 0 Å². The molecule has 0 aliphatic heterocycles. The highest BCUT2D eigenvalue weighted by molar-refractivity contribution is 7.08. The Morgan fingerprint density at radius 1 is 1.40 bits per heavy atom. The summed E-state index contributed by atoms with van der Waals surface area (Å²) in [5, 5.41) is 14.1. The Morgan fingerprint density at radius 3 is 2.53 bits per heavy atom. The zero-order valence-electron chi connectivity index (χ0n) is 9.91. The normalized spacial score (nSPS) is 12.9. The molecule has 0 saturated heterocycles. The fourth-order valence-corrected chi connectivity index (χ4v) is 1.74. The first kappa shape index (κ1) is 12.8. The smallest absolute Gasteiger partial charge is 0.280 e. The van der Waals surface area contributed by atoms with Crippen LogP contribution >= 0.6 is 11.3 Å². The first-order valence-electron chi connectivity index (χ1n) is 5.20. The minimum atomic E-state index is -0.818. The highest BCUT2D eigenvalue weighted by atomic mass is 32.1. The topological polar surface area (TPSA) is 29.5 Å². The van der Waals surface area contributed by atoms with Crippen molar-refractivity contribution in [2.24, 2.45) is 0 Å². The molecule has 0 aromatic carbocycles. The van der Waals surface area contributed by atoms with Crippen LogP contribution in [0.4, 0.5) is 0 Å². The summed E-state index contributed by atoms with van der Waals surface area (Å²) in [6, 6.07) is 2.10. The van der Waals surface area contributed by atoms with Crippen molar-refractivity contribution in [2.45, 2.75) is 45.2 Å². The molecule has 0 atom stereocenters. The number of hydrogen-bond acceptors (Lipinski definition) is 3. The van der Waals surface area contributed by atoms with Crippen LogP contribution in [0.5, 0.6) is 0 Å². The van der Waals surface area contributed by atoms with Crippen molar-refractivity contribution in [1.82, 2.24) is 0 Å². The van der Waals surface area contributed by atoms with Crippen LogP contribution in [0.3, 0.4) is 0 Å². The molecule has 1 aromatic heterocycles. The van der Waals surface area contributed by atoms with Gasteiger partial charge in [-0.3, -0.25) is 0 Å². The average molecular weight is 226 g/mol. The summed E-state index contributed by atoms with van der Waals surface area (Å²) in [6.07, 6.45) is 0.906. The molecule has 0 unspecified atom stereocenters. The third-order valence-corrected chi connectivity index (χ3v) is 3.64. The minimum absolute atomic E-state index is 0.511. The van der Waals surface area contributed by atoms with Crippen LogP contribution in [-0.2, 0) is 11.0 Å². The number of thiophene rings is 1. The van der Waals surface area contributed by atoms with E-state index in [0.717, 1.165) is 6.32 Å². The van der Waals surface area contributed by atoms with E-state index in [-0.39, 0.29) is 0 Å². The summed E-state index contributed by atoms with van der Waals surface area (Å²) in [7, 11) is 0.647. The Balaban J connectivity index is 2.37. The molecule has 0 bridgehead atoms. The maximum absolute atomic E-state index is 9.88. The lowest BCUT2D eigenvalue weighted by Gasteiger charge is -2.37. The van der Waals surface area contributed by atoms with Gasteiger partial charge in [-0.1, -0.05) is 0 Å². The van der Waals surface area contributed by atoms with E-state index < -0.39 is 11.2 Å². The Labute approximate surface area is 96.6 Å². The minimum Gasteiger partial charge on any atom is -0.432 e. The quantitative estimate of drug-likeness (QED) is 0.779. The molecule has 0 aliphatic carbocycles. The van der Waals surface area contributed by atoms with Gasteiger partial charge < -0.3 is 9.76 Å². The highest BCUT2D eigenvalue weighted by Crippen LogP contribution is 2.24. The molecule has 0 amide bonds. The molecule has 0 aliphatic rings. The summed E-state index contributed by atoms with van der Waals surface area (Å²) < 4.78 is 5.72. The molecule has 0 saturated carbocycles. The monoisotopic (exact) mass is 226 g/mol. The van der Waals surface area contributed by atoms with Crippen LogP contribution in [-0.4, -0.2) is 23.8 Å². The van der Waals surface area contributed by atoms with Crippen molar-refractivity contribution in [3.05, 3.63) is 22.4 Å². The van der Waals surface area contributed by atoms with Gasteiger partial charge in [-0.05, 0) is 56.4 Å². The van der Waals surface area contributed by atoms with Crippen LogP contribution in [0.25, 0.3) is 0 Å². The summed E-state index contributed by atoms with van der Waals surface area (Å²) in [5.74, 6) is 0. The average Bonchev–Trinajstić information content (AvgIpc) is 2.54. The molecule has 2 nitrogen and oxygen atoms in total. The molecular formula is C11H19BO2S. The van der Waals surface area contributed by atoms with Crippen molar-refractivity contribution >= 4 is 18.8 Å². The van der Waals surface area contributed by atoms with Crippen molar-refractivity contribution in [3.63, 3.8) is 0 Å². The second kappa shape index (κ2) is 4.68. The number of hydrogen-bond donors (Lipinski definition) is 1. The molecule has 1 rings (SSSR count). The third-order valence-electron chi connectivity index (χ3n) is 2.91. The van der Waals surface area contributed by atoms with Crippen LogP contribution in [0.1, 0.15) is 33.3 Å². The molecular weight excluding hydrogens is 207 g/mol. The van der Waals surface area contributed by atoms with Gasteiger partial charge in [-0.25, -0.2) is 0 Å². The molecule has 1 N–H and O–H groups in total. The molecule has 0 radical (unpaired) electrons. The van der Waals surface area contributed by atoms with Crippen LogP contribution in [0.15, 0.2) is 16.8 Å². The maximum atomic E-state index is 9.88. The second-order valence-corrected chi connectivity index (χ2v) is 5.58. The molecule has 84 valence electrons. The fourth-order valence-electron chi connectivity index (χ4n) is 1.04. The predicted octanol–water partition coefficient (Wildman–Crippen LogP) is 2.17. The van der Waals surface area contributed by atoms with E-state index >= 15 is 0 Å². The van der Waals surface area contributed by atoms with Gasteiger partial charge in [-0.2, -0.15) is 11.3 Å². The summed E-state index contributed by atoms with van der Waals surface area (Å²) >= 11 is 1.70. The SMILES string of the molecule is CC(C)(O)C(C)(C)OBCc1ccsc1. The fraction of sp³-hybridized carbons (Fsp3) is 0.636. The van der Waals surface area contributed by atoms with E-state index in [9.17, 15) is 5.11 Å². The van der Waals surface area contributed by atoms with E-state index in [2.05, 4.69) is 16.8 Å². The van der Waals surface area contributed by atoms with E-state index in [0.29, 0.717) is 7.48 Å². The maximum Gasteiger partial charge on any atom is 0.280 e. The Kier molecular flexibility index (Phi) is 3.98. The van der Waals surface area contributed by atoms with E-state index in [1.807, 2.05) is 13.8 Å². The second-order valence-electron chi connectivity index (χ2n) is 4.80. The van der Waals surface area contributed by atoms with Crippen LogP contribution in [0, 0.1) is 0 Å². The lowest BCUT2D eigenvalue weighted by Crippen LogP contribution is -2.48. The van der Waals surface area contributed by atoms with Crippen LogP contribution < -0.4 is 0 Å². The van der Waals surface area contributed by atoms with E-state index in [1.165, 1.54) is 5.56 Å². The Bertz CT molecular complexity index is 288. The third kappa shape index (κ3) is 3.63. The van der Waals surface area contributed by atoms with E-state index in [4.69, 9.17) is 4.65 Å². The molecule has 1 heterocycles. The Morgan fingerprint density at radius 2 is 2.07 bits per heavy atom. The molecule has 15 heavy (non-hydrogen) atoms. The summed E-state index contributed by atoms with van der Waals surface area (Å²) in [4.78, 5) is 0. The van der Waals surface area contributed by atoms with Gasteiger partial charge in [0, 0.05) is 0 Å². The first-order chi connectivity index (χ1) is 6.83. The molecule has 1 aromatic rings. The van der Waals surface area contributed by atoms with Crippen LogP contribution in [0.2, 0.25) is 0 Å². The van der Waals surface area contributed by atoms with Crippen molar-refractivity contribution in [3.8, 4) is 0 Å².